The van der Waals surface area contributed by atoms with Gasteiger partial charge in [-0.2, -0.15) is 0 Å². The second-order valence-corrected chi connectivity index (χ2v) is 4.70. The monoisotopic (exact) mass is 220 g/mol. The first-order valence-corrected chi connectivity index (χ1v) is 5.82. The third kappa shape index (κ3) is 5.42. The first-order valence-electron chi connectivity index (χ1n) is 5.82. The first kappa shape index (κ1) is 12.8. The molecule has 0 amide bonds. The van der Waals surface area contributed by atoms with Crippen LogP contribution in [0.15, 0.2) is 0 Å². The Morgan fingerprint density at radius 3 is 2.33 bits per heavy atom. The Hall–Kier alpha value is -0.220. The van der Waals surface area contributed by atoms with Crippen molar-refractivity contribution in [3.05, 3.63) is 0 Å². The third-order valence-electron chi connectivity index (χ3n) is 2.92. The van der Waals surface area contributed by atoms with E-state index in [1.54, 1.807) is 0 Å². The van der Waals surface area contributed by atoms with Gasteiger partial charge in [0.1, 0.15) is 0 Å². The van der Waals surface area contributed by atoms with Gasteiger partial charge in [0.25, 0.3) is 6.43 Å². The van der Waals surface area contributed by atoms with Gasteiger partial charge in [-0.1, -0.05) is 13.8 Å². The molecule has 1 aliphatic heterocycles. The van der Waals surface area contributed by atoms with Crippen LogP contribution in [0.4, 0.5) is 8.78 Å². The highest BCUT2D eigenvalue weighted by Gasteiger charge is 2.20. The maximum Gasteiger partial charge on any atom is 0.251 e. The minimum absolute atomic E-state index is 0.0513. The lowest BCUT2D eigenvalue weighted by molar-refractivity contribution is 0.0688. The van der Waals surface area contributed by atoms with Gasteiger partial charge in [-0.25, -0.2) is 8.78 Å². The van der Waals surface area contributed by atoms with Crippen LogP contribution in [0.3, 0.4) is 0 Å². The van der Waals surface area contributed by atoms with E-state index in [-0.39, 0.29) is 6.54 Å². The lowest BCUT2D eigenvalue weighted by atomic mass is 9.96. The molecule has 1 fully saturated rings. The van der Waals surface area contributed by atoms with E-state index in [0.29, 0.717) is 12.0 Å². The van der Waals surface area contributed by atoms with Gasteiger partial charge >= 0.3 is 0 Å². The Morgan fingerprint density at radius 1 is 1.27 bits per heavy atom. The zero-order chi connectivity index (χ0) is 11.3. The molecule has 0 radical (unpaired) electrons. The molecular formula is C11H22F2N2. The Morgan fingerprint density at radius 2 is 1.87 bits per heavy atom. The number of nitrogens with zero attached hydrogens (tertiary/aromatic N) is 1. The molecule has 1 rings (SSSR count). The Balaban J connectivity index is 2.12. The molecule has 0 aromatic heterocycles. The van der Waals surface area contributed by atoms with Gasteiger partial charge in [0, 0.05) is 6.04 Å². The van der Waals surface area contributed by atoms with E-state index in [0.717, 1.165) is 32.5 Å². The van der Waals surface area contributed by atoms with Gasteiger partial charge in [0.2, 0.25) is 0 Å². The maximum absolute atomic E-state index is 12.1. The Bertz CT molecular complexity index is 166. The minimum atomic E-state index is -2.18. The molecule has 1 heterocycles. The van der Waals surface area contributed by atoms with E-state index in [4.69, 9.17) is 0 Å². The number of hydrogen-bond acceptors (Lipinski definition) is 2. The standard InChI is InChI=1S/C11H22F2N2/c1-9(2)14-7-10-3-5-15(6-4-10)8-11(12)13/h9-11,14H,3-8H2,1-2H3. The highest BCUT2D eigenvalue weighted by atomic mass is 19.3. The molecule has 0 saturated carbocycles. The van der Waals surface area contributed by atoms with Gasteiger partial charge in [0.05, 0.1) is 6.54 Å². The van der Waals surface area contributed by atoms with Crippen molar-refractivity contribution in [1.82, 2.24) is 10.2 Å². The number of halogens is 2. The first-order chi connectivity index (χ1) is 7.08. The average Bonchev–Trinajstić information content (AvgIpc) is 2.16. The van der Waals surface area contributed by atoms with E-state index < -0.39 is 6.43 Å². The molecule has 4 heteroatoms. The zero-order valence-electron chi connectivity index (χ0n) is 9.68. The molecule has 1 aliphatic rings. The maximum atomic E-state index is 12.1. The summed E-state index contributed by atoms with van der Waals surface area (Å²) in [5, 5.41) is 3.40. The molecule has 2 nitrogen and oxygen atoms in total. The van der Waals surface area contributed by atoms with E-state index >= 15 is 0 Å². The fraction of sp³-hybridized carbons (Fsp3) is 1.00. The second-order valence-electron chi connectivity index (χ2n) is 4.70. The van der Waals surface area contributed by atoms with Crippen molar-refractivity contribution in [3.8, 4) is 0 Å². The number of nitrogens with one attached hydrogen (secondary N) is 1. The summed E-state index contributed by atoms with van der Waals surface area (Å²) in [6.07, 6.45) is -0.0888. The van der Waals surface area contributed by atoms with Crippen LogP contribution in [-0.4, -0.2) is 43.5 Å². The van der Waals surface area contributed by atoms with Crippen LogP contribution in [0.1, 0.15) is 26.7 Å². The summed E-state index contributed by atoms with van der Waals surface area (Å²) in [5.74, 6) is 0.668. The molecule has 0 aromatic rings. The Labute approximate surface area is 91.0 Å². The SMILES string of the molecule is CC(C)NCC1CCN(CC(F)F)CC1. The van der Waals surface area contributed by atoms with Crippen LogP contribution in [0.25, 0.3) is 0 Å². The van der Waals surface area contributed by atoms with Crippen molar-refractivity contribution in [2.24, 2.45) is 5.92 Å². The summed E-state index contributed by atoms with van der Waals surface area (Å²) < 4.78 is 24.2. The number of hydrogen-bond donors (Lipinski definition) is 1. The molecule has 1 N–H and O–H groups in total. The quantitative estimate of drug-likeness (QED) is 0.762. The number of likely N-dealkylation sites (tertiary alicyclic amines) is 1. The molecule has 15 heavy (non-hydrogen) atoms. The summed E-state index contributed by atoms with van der Waals surface area (Å²) in [5.41, 5.74) is 0. The van der Waals surface area contributed by atoms with Crippen molar-refractivity contribution >= 4 is 0 Å². The van der Waals surface area contributed by atoms with Crippen molar-refractivity contribution in [3.63, 3.8) is 0 Å². The molecule has 90 valence electrons. The van der Waals surface area contributed by atoms with Gasteiger partial charge in [-0.05, 0) is 38.4 Å². The highest BCUT2D eigenvalue weighted by molar-refractivity contribution is 4.74. The van der Waals surface area contributed by atoms with Crippen LogP contribution < -0.4 is 5.32 Å². The molecule has 0 bridgehead atoms. The van der Waals surface area contributed by atoms with Crippen LogP contribution in [0, 0.1) is 5.92 Å². The van der Waals surface area contributed by atoms with Gasteiger partial charge in [-0.15, -0.1) is 0 Å². The summed E-state index contributed by atoms with van der Waals surface area (Å²) in [4.78, 5) is 1.87. The highest BCUT2D eigenvalue weighted by Crippen LogP contribution is 2.17. The molecule has 0 atom stereocenters. The molecule has 0 spiro atoms. The van der Waals surface area contributed by atoms with Gasteiger partial charge in [0.15, 0.2) is 0 Å². The topological polar surface area (TPSA) is 15.3 Å². The fourth-order valence-electron chi connectivity index (χ4n) is 1.97. The Kier molecular flexibility index (Phi) is 5.47. The largest absolute Gasteiger partial charge is 0.314 e. The van der Waals surface area contributed by atoms with Crippen LogP contribution in [-0.2, 0) is 0 Å². The molecule has 0 aromatic carbocycles. The molecule has 0 unspecified atom stereocenters. The molecular weight excluding hydrogens is 198 g/mol. The number of piperidine rings is 1. The summed E-state index contributed by atoms with van der Waals surface area (Å²) in [6, 6.07) is 0.518. The van der Waals surface area contributed by atoms with E-state index in [1.165, 1.54) is 0 Å². The van der Waals surface area contributed by atoms with Crippen LogP contribution >= 0.6 is 0 Å². The molecule has 1 saturated heterocycles. The summed E-state index contributed by atoms with van der Waals surface area (Å²) in [6.45, 7) is 6.89. The van der Waals surface area contributed by atoms with E-state index in [2.05, 4.69) is 19.2 Å². The number of alkyl halides is 2. The van der Waals surface area contributed by atoms with E-state index in [1.807, 2.05) is 4.90 Å². The van der Waals surface area contributed by atoms with Crippen LogP contribution in [0.2, 0.25) is 0 Å². The predicted molar refractivity (Wildman–Crippen MR) is 58.3 cm³/mol. The van der Waals surface area contributed by atoms with Gasteiger partial charge < -0.3 is 5.32 Å². The molecule has 0 aliphatic carbocycles. The van der Waals surface area contributed by atoms with Crippen LogP contribution in [0.5, 0.6) is 0 Å². The lowest BCUT2D eigenvalue weighted by Gasteiger charge is -2.32. The average molecular weight is 220 g/mol. The lowest BCUT2D eigenvalue weighted by Crippen LogP contribution is -2.40. The fourth-order valence-corrected chi connectivity index (χ4v) is 1.97. The third-order valence-corrected chi connectivity index (χ3v) is 2.92. The van der Waals surface area contributed by atoms with Crippen molar-refractivity contribution in [2.45, 2.75) is 39.2 Å². The van der Waals surface area contributed by atoms with Crippen molar-refractivity contribution in [1.29, 1.82) is 0 Å². The predicted octanol–water partition coefficient (Wildman–Crippen LogP) is 1.96. The second kappa shape index (κ2) is 6.38. The van der Waals surface area contributed by atoms with E-state index in [9.17, 15) is 8.78 Å². The van der Waals surface area contributed by atoms with Gasteiger partial charge in [-0.3, -0.25) is 4.90 Å². The summed E-state index contributed by atoms with van der Waals surface area (Å²) in [7, 11) is 0. The van der Waals surface area contributed by atoms with Crippen molar-refractivity contribution < 1.29 is 8.78 Å². The van der Waals surface area contributed by atoms with Crippen molar-refractivity contribution in [2.75, 3.05) is 26.2 Å². The summed E-state index contributed by atoms with van der Waals surface area (Å²) >= 11 is 0. The number of rotatable bonds is 5. The smallest absolute Gasteiger partial charge is 0.251 e. The minimum Gasteiger partial charge on any atom is -0.314 e. The zero-order valence-corrected chi connectivity index (χ0v) is 9.68. The normalized spacial score (nSPS) is 20.4.